The Balaban J connectivity index is 1.13. The molecule has 1 aromatic heterocycles. The highest BCUT2D eigenvalue weighted by molar-refractivity contribution is 5.94. The van der Waals surface area contributed by atoms with Crippen LogP contribution in [-0.2, 0) is 14.3 Å². The number of rotatable bonds is 7. The first-order chi connectivity index (χ1) is 18.2. The van der Waals surface area contributed by atoms with E-state index in [1.54, 1.807) is 30.3 Å². The van der Waals surface area contributed by atoms with E-state index in [1.807, 2.05) is 9.80 Å². The number of imidazole rings is 1. The maximum absolute atomic E-state index is 15.1. The summed E-state index contributed by atoms with van der Waals surface area (Å²) < 4.78 is 20.3. The molecule has 3 heterocycles. The second kappa shape index (κ2) is 10.5. The lowest BCUT2D eigenvalue weighted by atomic mass is 10.2. The van der Waals surface area contributed by atoms with Crippen molar-refractivity contribution in [1.29, 1.82) is 0 Å². The molecule has 13 heteroatoms. The van der Waals surface area contributed by atoms with Crippen molar-refractivity contribution in [2.75, 3.05) is 66.7 Å². The van der Waals surface area contributed by atoms with Gasteiger partial charge in [-0.2, -0.15) is 0 Å². The third kappa shape index (κ3) is 5.62. The number of nitrogens with two attached hydrogens (primary N) is 1. The summed E-state index contributed by atoms with van der Waals surface area (Å²) in [6.07, 6.45) is -1.07. The Hall–Kier alpha value is -4.39. The van der Waals surface area contributed by atoms with Gasteiger partial charge in [-0.25, -0.2) is 14.2 Å². The number of benzene rings is 2. The molecule has 5 N–H and O–H groups in total. The molecular weight excluding hydrogens is 495 g/mol. The van der Waals surface area contributed by atoms with E-state index in [1.165, 1.54) is 17.9 Å². The van der Waals surface area contributed by atoms with Crippen molar-refractivity contribution in [3.05, 3.63) is 42.2 Å². The second-order valence-corrected chi connectivity index (χ2v) is 9.35. The molecule has 200 valence electrons. The summed E-state index contributed by atoms with van der Waals surface area (Å²) in [4.78, 5) is 48.3. The number of fused-ring (bicyclic) bond motifs is 1. The fourth-order valence-corrected chi connectivity index (χ4v) is 4.67. The van der Waals surface area contributed by atoms with Gasteiger partial charge in [0.15, 0.2) is 5.95 Å². The molecule has 0 radical (unpaired) electrons. The number of carbonyl (C=O) groups excluding carboxylic acids is 3. The lowest BCUT2D eigenvalue weighted by Crippen LogP contribution is -2.49. The zero-order chi connectivity index (χ0) is 26.8. The number of aromatic amines is 1. The van der Waals surface area contributed by atoms with Gasteiger partial charge in [0.25, 0.3) is 0 Å². The van der Waals surface area contributed by atoms with E-state index in [-0.39, 0.29) is 31.4 Å². The molecule has 2 aromatic carbocycles. The van der Waals surface area contributed by atoms with E-state index in [0.29, 0.717) is 49.2 Å². The Bertz CT molecular complexity index is 1370. The molecule has 38 heavy (non-hydrogen) atoms. The summed E-state index contributed by atoms with van der Waals surface area (Å²) in [5.41, 5.74) is 8.62. The van der Waals surface area contributed by atoms with E-state index in [2.05, 4.69) is 20.6 Å². The van der Waals surface area contributed by atoms with Crippen molar-refractivity contribution in [3.8, 4) is 0 Å². The summed E-state index contributed by atoms with van der Waals surface area (Å²) in [6, 6.07) is 10.0. The minimum atomic E-state index is -0.576. The van der Waals surface area contributed by atoms with Gasteiger partial charge in [0.05, 0.1) is 42.0 Å². The summed E-state index contributed by atoms with van der Waals surface area (Å²) >= 11 is 0. The van der Waals surface area contributed by atoms with Gasteiger partial charge in [-0.3, -0.25) is 19.4 Å². The van der Waals surface area contributed by atoms with Gasteiger partial charge in [-0.05, 0) is 36.4 Å². The molecule has 3 aromatic rings. The van der Waals surface area contributed by atoms with Crippen LogP contribution in [0.25, 0.3) is 11.0 Å². The molecule has 0 unspecified atom stereocenters. The van der Waals surface area contributed by atoms with E-state index in [4.69, 9.17) is 10.5 Å². The number of cyclic esters (lactones) is 1. The minimum absolute atomic E-state index is 0.143. The third-order valence-corrected chi connectivity index (χ3v) is 6.56. The zero-order valence-electron chi connectivity index (χ0n) is 20.9. The number of anilines is 4. The molecule has 1 atom stereocenters. The average molecular weight is 525 g/mol. The van der Waals surface area contributed by atoms with E-state index in [9.17, 15) is 14.4 Å². The number of halogens is 1. The monoisotopic (exact) mass is 524 g/mol. The molecule has 2 aliphatic rings. The Morgan fingerprint density at radius 1 is 1.18 bits per heavy atom. The Morgan fingerprint density at radius 3 is 2.71 bits per heavy atom. The molecule has 2 fully saturated rings. The van der Waals surface area contributed by atoms with Gasteiger partial charge in [0.1, 0.15) is 11.9 Å². The fraction of sp³-hybridized carbons (Fsp3) is 0.360. The van der Waals surface area contributed by atoms with Crippen molar-refractivity contribution in [1.82, 2.24) is 20.2 Å². The number of nitrogens with zero attached hydrogens (tertiary/aromatic N) is 4. The molecule has 0 bridgehead atoms. The molecule has 5 rings (SSSR count). The van der Waals surface area contributed by atoms with Crippen molar-refractivity contribution in [2.45, 2.75) is 13.0 Å². The zero-order valence-corrected chi connectivity index (χ0v) is 20.9. The smallest absolute Gasteiger partial charge is 0.414 e. The standard InChI is InChI=1S/C25H29FN8O4/c1-15(35)28-12-18-13-34(25(37)38-18)17-3-5-22(19(26)11-17)33-8-6-32(7-9-33)14-23(36)29-16-2-4-20-21(10-16)31-24(27)30-20/h2-5,10-11,18H,6-9,12-14H2,1H3,(H,28,35)(H,29,36)(H3,27,30,31)/t18-/m0/s1. The highest BCUT2D eigenvalue weighted by Gasteiger charge is 2.33. The van der Waals surface area contributed by atoms with Gasteiger partial charge in [-0.1, -0.05) is 0 Å². The molecule has 2 aliphatic heterocycles. The highest BCUT2D eigenvalue weighted by atomic mass is 19.1. The molecule has 0 aliphatic carbocycles. The van der Waals surface area contributed by atoms with Crippen molar-refractivity contribution >= 4 is 52.0 Å². The molecule has 2 saturated heterocycles. The Morgan fingerprint density at radius 2 is 1.97 bits per heavy atom. The lowest BCUT2D eigenvalue weighted by molar-refractivity contribution is -0.119. The summed E-state index contributed by atoms with van der Waals surface area (Å²) in [7, 11) is 0. The quantitative estimate of drug-likeness (QED) is 0.363. The fourth-order valence-electron chi connectivity index (χ4n) is 4.67. The molecular formula is C25H29FN8O4. The van der Waals surface area contributed by atoms with Crippen LogP contribution in [0.5, 0.6) is 0 Å². The number of H-pyrrole nitrogens is 1. The first-order valence-corrected chi connectivity index (χ1v) is 12.3. The number of nitrogens with one attached hydrogen (secondary N) is 3. The SMILES string of the molecule is CC(=O)NC[C@H]1CN(c2ccc(N3CCN(CC(=O)Nc4ccc5nc(N)[nH]c5c4)CC3)c(F)c2)C(=O)O1. The number of aromatic nitrogens is 2. The van der Waals surface area contributed by atoms with E-state index in [0.717, 1.165) is 11.0 Å². The first-order valence-electron chi connectivity index (χ1n) is 12.3. The second-order valence-electron chi connectivity index (χ2n) is 9.35. The van der Waals surface area contributed by atoms with Crippen LogP contribution >= 0.6 is 0 Å². The van der Waals surface area contributed by atoms with Crippen molar-refractivity contribution in [3.63, 3.8) is 0 Å². The minimum Gasteiger partial charge on any atom is -0.442 e. The predicted molar refractivity (Wildman–Crippen MR) is 140 cm³/mol. The van der Waals surface area contributed by atoms with Crippen LogP contribution in [0.3, 0.4) is 0 Å². The highest BCUT2D eigenvalue weighted by Crippen LogP contribution is 2.28. The van der Waals surface area contributed by atoms with Crippen LogP contribution in [0, 0.1) is 5.82 Å². The number of hydrogen-bond donors (Lipinski definition) is 4. The van der Waals surface area contributed by atoms with Gasteiger partial charge < -0.3 is 31.0 Å². The van der Waals surface area contributed by atoms with Crippen LogP contribution < -0.4 is 26.2 Å². The van der Waals surface area contributed by atoms with Crippen molar-refractivity contribution in [2.24, 2.45) is 0 Å². The van der Waals surface area contributed by atoms with Crippen molar-refractivity contribution < 1.29 is 23.5 Å². The Kier molecular flexibility index (Phi) is 7.01. The summed E-state index contributed by atoms with van der Waals surface area (Å²) in [6.45, 7) is 4.31. The number of amides is 3. The van der Waals surface area contributed by atoms with E-state index >= 15 is 4.39 Å². The van der Waals surface area contributed by atoms with Crippen LogP contribution in [-0.4, -0.2) is 84.7 Å². The molecule has 12 nitrogen and oxygen atoms in total. The maximum Gasteiger partial charge on any atom is 0.414 e. The summed E-state index contributed by atoms with van der Waals surface area (Å²) in [5.74, 6) is -0.483. The number of nitrogen functional groups attached to an aromatic ring is 1. The molecule has 0 saturated carbocycles. The third-order valence-electron chi connectivity index (χ3n) is 6.56. The average Bonchev–Trinajstić information content (AvgIpc) is 3.44. The topological polar surface area (TPSA) is 149 Å². The lowest BCUT2D eigenvalue weighted by Gasteiger charge is -2.36. The largest absolute Gasteiger partial charge is 0.442 e. The van der Waals surface area contributed by atoms with Crippen LogP contribution in [0.15, 0.2) is 36.4 Å². The number of carbonyl (C=O) groups is 3. The van der Waals surface area contributed by atoms with Crippen LogP contribution in [0.4, 0.5) is 32.2 Å². The van der Waals surface area contributed by atoms with E-state index < -0.39 is 18.0 Å². The number of piperazine rings is 1. The first kappa shape index (κ1) is 25.3. The van der Waals surface area contributed by atoms with Crippen LogP contribution in [0.1, 0.15) is 6.92 Å². The van der Waals surface area contributed by atoms with Gasteiger partial charge in [0, 0.05) is 38.8 Å². The van der Waals surface area contributed by atoms with Gasteiger partial charge in [-0.15, -0.1) is 0 Å². The molecule has 0 spiro atoms. The molecule has 3 amide bonds. The Labute approximate surface area is 217 Å². The summed E-state index contributed by atoms with van der Waals surface area (Å²) in [5, 5.41) is 5.51. The maximum atomic E-state index is 15.1. The number of ether oxygens (including phenoxy) is 1. The van der Waals surface area contributed by atoms with Gasteiger partial charge >= 0.3 is 6.09 Å². The number of hydrogen-bond acceptors (Lipinski definition) is 8. The normalized spacial score (nSPS) is 18.1. The van der Waals surface area contributed by atoms with Gasteiger partial charge in [0.2, 0.25) is 11.8 Å². The predicted octanol–water partition coefficient (Wildman–Crippen LogP) is 1.51. The van der Waals surface area contributed by atoms with Crippen LogP contribution in [0.2, 0.25) is 0 Å².